The van der Waals surface area contributed by atoms with Crippen molar-refractivity contribution in [1.82, 2.24) is 15.1 Å². The Morgan fingerprint density at radius 2 is 1.52 bits per heavy atom. The standard InChI is InChI=1S/C22H28N4O/c27-22-23-18-21(19-8-3-1-4-9-19)26(22)13-7-12-24-14-16-25(17-15-24)20-10-5-2-6-11-20/h1-6,8-11,21H,7,12-18H2,(H,23,27). The van der Waals surface area contributed by atoms with Crippen molar-refractivity contribution in [1.29, 1.82) is 0 Å². The Morgan fingerprint density at radius 3 is 2.22 bits per heavy atom. The summed E-state index contributed by atoms with van der Waals surface area (Å²) in [5, 5.41) is 3.00. The number of anilines is 1. The van der Waals surface area contributed by atoms with Gasteiger partial charge >= 0.3 is 6.03 Å². The Balaban J connectivity index is 1.24. The first-order chi connectivity index (χ1) is 13.3. The topological polar surface area (TPSA) is 38.8 Å². The lowest BCUT2D eigenvalue weighted by Crippen LogP contribution is -2.47. The van der Waals surface area contributed by atoms with Gasteiger partial charge in [-0.1, -0.05) is 48.5 Å². The highest BCUT2D eigenvalue weighted by Gasteiger charge is 2.31. The molecule has 1 N–H and O–H groups in total. The van der Waals surface area contributed by atoms with E-state index in [9.17, 15) is 4.79 Å². The molecule has 2 saturated heterocycles. The van der Waals surface area contributed by atoms with E-state index in [1.165, 1.54) is 11.3 Å². The molecule has 0 aliphatic carbocycles. The first-order valence-corrected chi connectivity index (χ1v) is 9.93. The lowest BCUT2D eigenvalue weighted by molar-refractivity contribution is 0.193. The number of carbonyl (C=O) groups excluding carboxylic acids is 1. The molecule has 0 bridgehead atoms. The van der Waals surface area contributed by atoms with Crippen molar-refractivity contribution in [2.45, 2.75) is 12.5 Å². The third-order valence-corrected chi connectivity index (χ3v) is 5.64. The number of urea groups is 1. The first-order valence-electron chi connectivity index (χ1n) is 9.93. The minimum atomic E-state index is 0.0674. The summed E-state index contributed by atoms with van der Waals surface area (Å²) in [5.74, 6) is 0. The molecule has 1 atom stereocenters. The number of nitrogens with zero attached hydrogens (tertiary/aromatic N) is 3. The number of piperazine rings is 1. The molecular formula is C22H28N4O. The minimum absolute atomic E-state index is 0.0674. The van der Waals surface area contributed by atoms with E-state index in [4.69, 9.17) is 0 Å². The molecular weight excluding hydrogens is 336 g/mol. The van der Waals surface area contributed by atoms with Crippen LogP contribution in [0, 0.1) is 0 Å². The van der Waals surface area contributed by atoms with Crippen molar-refractivity contribution in [3.63, 3.8) is 0 Å². The van der Waals surface area contributed by atoms with Crippen LogP contribution in [0.2, 0.25) is 0 Å². The molecule has 2 aliphatic heterocycles. The van der Waals surface area contributed by atoms with Crippen LogP contribution >= 0.6 is 0 Å². The van der Waals surface area contributed by atoms with E-state index >= 15 is 0 Å². The van der Waals surface area contributed by atoms with Crippen LogP contribution in [0.15, 0.2) is 60.7 Å². The number of nitrogens with one attached hydrogen (secondary N) is 1. The fourth-order valence-electron chi connectivity index (χ4n) is 4.10. The molecule has 2 amide bonds. The summed E-state index contributed by atoms with van der Waals surface area (Å²) in [5.41, 5.74) is 2.53. The molecule has 2 fully saturated rings. The quantitative estimate of drug-likeness (QED) is 0.857. The van der Waals surface area contributed by atoms with E-state index in [1.807, 2.05) is 23.1 Å². The van der Waals surface area contributed by atoms with Gasteiger partial charge in [0, 0.05) is 45.0 Å². The first kappa shape index (κ1) is 17.9. The Bertz CT molecular complexity index is 728. The molecule has 142 valence electrons. The molecule has 2 heterocycles. The van der Waals surface area contributed by atoms with Gasteiger partial charge in [-0.3, -0.25) is 4.90 Å². The van der Waals surface area contributed by atoms with Gasteiger partial charge < -0.3 is 15.1 Å². The second-order valence-electron chi connectivity index (χ2n) is 7.32. The Labute approximate surface area is 161 Å². The molecule has 5 heteroatoms. The zero-order chi connectivity index (χ0) is 18.5. The average molecular weight is 364 g/mol. The number of hydrogen-bond acceptors (Lipinski definition) is 3. The van der Waals surface area contributed by atoms with Crippen LogP contribution in [0.25, 0.3) is 0 Å². The fraction of sp³-hybridized carbons (Fsp3) is 0.409. The average Bonchev–Trinajstić information content (AvgIpc) is 3.10. The predicted octanol–water partition coefficient (Wildman–Crippen LogP) is 2.97. The van der Waals surface area contributed by atoms with Gasteiger partial charge in [-0.2, -0.15) is 0 Å². The molecule has 0 radical (unpaired) electrons. The summed E-state index contributed by atoms with van der Waals surface area (Å²) < 4.78 is 0. The SMILES string of the molecule is O=C1NCC(c2ccccc2)N1CCCN1CCN(c2ccccc2)CC1. The minimum Gasteiger partial charge on any atom is -0.369 e. The van der Waals surface area contributed by atoms with Crippen LogP contribution in [0.3, 0.4) is 0 Å². The van der Waals surface area contributed by atoms with Crippen LogP contribution in [0.5, 0.6) is 0 Å². The molecule has 1 unspecified atom stereocenters. The Morgan fingerprint density at radius 1 is 0.852 bits per heavy atom. The molecule has 27 heavy (non-hydrogen) atoms. The summed E-state index contributed by atoms with van der Waals surface area (Å²) in [4.78, 5) is 19.2. The summed E-state index contributed by atoms with van der Waals surface area (Å²) in [7, 11) is 0. The van der Waals surface area contributed by atoms with Gasteiger partial charge in [-0.15, -0.1) is 0 Å². The molecule has 0 spiro atoms. The maximum atomic E-state index is 12.2. The third-order valence-electron chi connectivity index (χ3n) is 5.64. The van der Waals surface area contributed by atoms with Crippen molar-refractivity contribution in [3.05, 3.63) is 66.2 Å². The maximum Gasteiger partial charge on any atom is 0.318 e. The largest absolute Gasteiger partial charge is 0.369 e. The second kappa shape index (κ2) is 8.44. The summed E-state index contributed by atoms with van der Waals surface area (Å²) in [6, 6.07) is 21.2. The van der Waals surface area contributed by atoms with E-state index < -0.39 is 0 Å². The van der Waals surface area contributed by atoms with Crippen molar-refractivity contribution >= 4 is 11.7 Å². The van der Waals surface area contributed by atoms with Gasteiger partial charge in [-0.25, -0.2) is 4.79 Å². The number of carbonyl (C=O) groups is 1. The molecule has 2 aromatic carbocycles. The number of hydrogen-bond donors (Lipinski definition) is 1. The van der Waals surface area contributed by atoms with Gasteiger partial charge in [0.1, 0.15) is 0 Å². The molecule has 0 saturated carbocycles. The van der Waals surface area contributed by atoms with Gasteiger partial charge in [0.15, 0.2) is 0 Å². The highest BCUT2D eigenvalue weighted by atomic mass is 16.2. The predicted molar refractivity (Wildman–Crippen MR) is 109 cm³/mol. The van der Waals surface area contributed by atoms with E-state index in [0.29, 0.717) is 6.54 Å². The molecule has 2 aromatic rings. The Kier molecular flexibility index (Phi) is 5.58. The highest BCUT2D eigenvalue weighted by molar-refractivity contribution is 5.77. The zero-order valence-corrected chi connectivity index (χ0v) is 15.8. The van der Waals surface area contributed by atoms with Gasteiger partial charge in [-0.05, 0) is 30.7 Å². The zero-order valence-electron chi connectivity index (χ0n) is 15.8. The van der Waals surface area contributed by atoms with Crippen LogP contribution in [0.1, 0.15) is 18.0 Å². The number of benzene rings is 2. The van der Waals surface area contributed by atoms with E-state index in [1.54, 1.807) is 0 Å². The highest BCUT2D eigenvalue weighted by Crippen LogP contribution is 2.24. The van der Waals surface area contributed by atoms with Crippen LogP contribution < -0.4 is 10.2 Å². The molecule has 0 aromatic heterocycles. The normalized spacial score (nSPS) is 20.7. The summed E-state index contributed by atoms with van der Waals surface area (Å²) in [6.07, 6.45) is 1.02. The van der Waals surface area contributed by atoms with Gasteiger partial charge in [0.25, 0.3) is 0 Å². The van der Waals surface area contributed by atoms with E-state index in [0.717, 1.165) is 45.7 Å². The van der Waals surface area contributed by atoms with Crippen molar-refractivity contribution in [2.75, 3.05) is 50.7 Å². The number of rotatable bonds is 6. The van der Waals surface area contributed by atoms with E-state index in [2.05, 4.69) is 57.6 Å². The Hall–Kier alpha value is -2.53. The molecule has 2 aliphatic rings. The lowest BCUT2D eigenvalue weighted by atomic mass is 10.1. The lowest BCUT2D eigenvalue weighted by Gasteiger charge is -2.36. The monoisotopic (exact) mass is 364 g/mol. The van der Waals surface area contributed by atoms with Crippen molar-refractivity contribution in [3.8, 4) is 0 Å². The van der Waals surface area contributed by atoms with Crippen molar-refractivity contribution in [2.24, 2.45) is 0 Å². The maximum absolute atomic E-state index is 12.2. The van der Waals surface area contributed by atoms with Crippen LogP contribution in [-0.2, 0) is 0 Å². The number of amides is 2. The number of para-hydroxylation sites is 1. The van der Waals surface area contributed by atoms with E-state index in [-0.39, 0.29) is 12.1 Å². The van der Waals surface area contributed by atoms with Gasteiger partial charge in [0.05, 0.1) is 6.04 Å². The third kappa shape index (κ3) is 4.25. The van der Waals surface area contributed by atoms with Crippen LogP contribution in [-0.4, -0.2) is 61.6 Å². The second-order valence-corrected chi connectivity index (χ2v) is 7.32. The van der Waals surface area contributed by atoms with Crippen LogP contribution in [0.4, 0.5) is 10.5 Å². The molecule has 4 rings (SSSR count). The fourth-order valence-corrected chi connectivity index (χ4v) is 4.10. The smallest absolute Gasteiger partial charge is 0.318 e. The van der Waals surface area contributed by atoms with Crippen molar-refractivity contribution < 1.29 is 4.79 Å². The van der Waals surface area contributed by atoms with Gasteiger partial charge in [0.2, 0.25) is 0 Å². The molecule has 5 nitrogen and oxygen atoms in total. The summed E-state index contributed by atoms with van der Waals surface area (Å²) in [6.45, 7) is 6.88. The summed E-state index contributed by atoms with van der Waals surface area (Å²) >= 11 is 0.